The molecule has 0 N–H and O–H groups in total. The average Bonchev–Trinajstić information content (AvgIpc) is 2.28. The molecule has 0 heterocycles. The van der Waals surface area contributed by atoms with Crippen molar-refractivity contribution in [2.75, 3.05) is 0 Å². The number of hydrogen-bond donors (Lipinski definition) is 0. The fourth-order valence-corrected chi connectivity index (χ4v) is 1.83. The normalized spacial score (nSPS) is 12.0. The van der Waals surface area contributed by atoms with E-state index in [9.17, 15) is 0 Å². The van der Waals surface area contributed by atoms with Gasteiger partial charge in [-0.1, -0.05) is 54.2 Å². The summed E-state index contributed by atoms with van der Waals surface area (Å²) in [5.74, 6) is 0. The van der Waals surface area contributed by atoms with Crippen molar-refractivity contribution in [3.8, 4) is 0 Å². The van der Waals surface area contributed by atoms with Crippen LogP contribution in [0.5, 0.6) is 0 Å². The smallest absolute Gasteiger partial charge is 0.0193 e. The Morgan fingerprint density at radius 1 is 1.18 bits per heavy atom. The molecule has 0 aliphatic heterocycles. The highest BCUT2D eigenvalue weighted by atomic mass is 32.1. The third-order valence-electron chi connectivity index (χ3n) is 3.08. The van der Waals surface area contributed by atoms with Gasteiger partial charge in [0, 0.05) is 4.86 Å². The SMILES string of the molecule is C=C(C)/C(C)=C(/C)Cc1cccc(C(C)=S)c1. The fourth-order valence-electron chi connectivity index (χ4n) is 1.70. The number of hydrogen-bond acceptors (Lipinski definition) is 1. The van der Waals surface area contributed by atoms with Crippen LogP contribution in [0.15, 0.2) is 47.6 Å². The minimum absolute atomic E-state index is 0.949. The lowest BCUT2D eigenvalue weighted by Gasteiger charge is -2.09. The molecule has 1 aromatic carbocycles. The summed E-state index contributed by atoms with van der Waals surface area (Å²) < 4.78 is 0. The molecule has 1 aromatic rings. The van der Waals surface area contributed by atoms with E-state index in [2.05, 4.69) is 51.6 Å². The van der Waals surface area contributed by atoms with Crippen molar-refractivity contribution in [3.05, 3.63) is 58.7 Å². The summed E-state index contributed by atoms with van der Waals surface area (Å²) >= 11 is 5.20. The minimum Gasteiger partial charge on any atom is -0.0959 e. The molecule has 0 aliphatic carbocycles. The minimum atomic E-state index is 0.949. The highest BCUT2D eigenvalue weighted by Gasteiger charge is 2.02. The Balaban J connectivity index is 2.96. The van der Waals surface area contributed by atoms with Gasteiger partial charge in [-0.15, -0.1) is 0 Å². The zero-order valence-corrected chi connectivity index (χ0v) is 11.9. The van der Waals surface area contributed by atoms with Gasteiger partial charge in [-0.2, -0.15) is 0 Å². The number of allylic oxidation sites excluding steroid dienone is 3. The van der Waals surface area contributed by atoms with Crippen molar-refractivity contribution >= 4 is 17.1 Å². The van der Waals surface area contributed by atoms with E-state index in [1.165, 1.54) is 16.7 Å². The van der Waals surface area contributed by atoms with E-state index in [4.69, 9.17) is 12.2 Å². The lowest BCUT2D eigenvalue weighted by molar-refractivity contribution is 1.09. The van der Waals surface area contributed by atoms with Crippen LogP contribution in [0, 0.1) is 0 Å². The molecular weight excluding hydrogens is 224 g/mol. The van der Waals surface area contributed by atoms with Crippen LogP contribution in [0.3, 0.4) is 0 Å². The topological polar surface area (TPSA) is 0 Å². The van der Waals surface area contributed by atoms with Crippen molar-refractivity contribution < 1.29 is 0 Å². The predicted octanol–water partition coefficient (Wildman–Crippen LogP) is 4.88. The summed E-state index contributed by atoms with van der Waals surface area (Å²) in [7, 11) is 0. The molecule has 0 spiro atoms. The number of benzene rings is 1. The molecule has 0 atom stereocenters. The summed E-state index contributed by atoms with van der Waals surface area (Å²) in [5, 5.41) is 0. The van der Waals surface area contributed by atoms with E-state index in [1.54, 1.807) is 0 Å². The van der Waals surface area contributed by atoms with Gasteiger partial charge in [0.1, 0.15) is 0 Å². The van der Waals surface area contributed by atoms with Crippen molar-refractivity contribution in [2.45, 2.75) is 34.1 Å². The maximum atomic E-state index is 5.20. The second-order valence-electron chi connectivity index (χ2n) is 4.62. The number of thiocarbonyl (C=S) groups is 1. The monoisotopic (exact) mass is 244 g/mol. The van der Waals surface area contributed by atoms with Gasteiger partial charge in [-0.3, -0.25) is 0 Å². The second kappa shape index (κ2) is 5.92. The Morgan fingerprint density at radius 3 is 2.35 bits per heavy atom. The summed E-state index contributed by atoms with van der Waals surface area (Å²) in [4.78, 5) is 0.949. The first kappa shape index (κ1) is 13.9. The highest BCUT2D eigenvalue weighted by Crippen LogP contribution is 2.17. The van der Waals surface area contributed by atoms with Crippen molar-refractivity contribution in [1.82, 2.24) is 0 Å². The molecule has 0 nitrogen and oxygen atoms in total. The van der Waals surface area contributed by atoms with Crippen LogP contribution in [0.2, 0.25) is 0 Å². The Labute approximate surface area is 110 Å². The molecule has 0 amide bonds. The zero-order valence-electron chi connectivity index (χ0n) is 11.1. The lowest BCUT2D eigenvalue weighted by atomic mass is 9.97. The van der Waals surface area contributed by atoms with Crippen molar-refractivity contribution in [3.63, 3.8) is 0 Å². The van der Waals surface area contributed by atoms with Gasteiger partial charge < -0.3 is 0 Å². The molecule has 90 valence electrons. The molecule has 0 fully saturated rings. The van der Waals surface area contributed by atoms with Crippen LogP contribution < -0.4 is 0 Å². The molecule has 0 unspecified atom stereocenters. The summed E-state index contributed by atoms with van der Waals surface area (Å²) in [5.41, 5.74) is 6.28. The zero-order chi connectivity index (χ0) is 13.0. The maximum Gasteiger partial charge on any atom is 0.0193 e. The molecule has 1 rings (SSSR count). The lowest BCUT2D eigenvalue weighted by Crippen LogP contribution is -1.95. The van der Waals surface area contributed by atoms with Crippen LogP contribution in [0.1, 0.15) is 38.8 Å². The molecule has 17 heavy (non-hydrogen) atoms. The Hall–Kier alpha value is -1.21. The van der Waals surface area contributed by atoms with E-state index in [-0.39, 0.29) is 0 Å². The largest absolute Gasteiger partial charge is 0.0959 e. The van der Waals surface area contributed by atoms with E-state index in [0.717, 1.165) is 22.4 Å². The standard InChI is InChI=1S/C16H20S/c1-11(2)13(4)12(3)9-15-7-6-8-16(10-15)14(5)17/h6-8,10H,1,9H2,2-5H3/b13-12-. The van der Waals surface area contributed by atoms with Crippen LogP contribution in [0.25, 0.3) is 0 Å². The fraction of sp³-hybridized carbons (Fsp3) is 0.312. The quantitative estimate of drug-likeness (QED) is 0.413. The first-order valence-electron chi connectivity index (χ1n) is 5.84. The maximum absolute atomic E-state index is 5.20. The second-order valence-corrected chi connectivity index (χ2v) is 5.23. The Morgan fingerprint density at radius 2 is 1.82 bits per heavy atom. The molecule has 0 saturated carbocycles. The third kappa shape index (κ3) is 3.94. The van der Waals surface area contributed by atoms with Crippen LogP contribution >= 0.6 is 12.2 Å². The van der Waals surface area contributed by atoms with Crippen molar-refractivity contribution in [1.29, 1.82) is 0 Å². The summed E-state index contributed by atoms with van der Waals surface area (Å²) in [6.45, 7) is 12.3. The number of rotatable bonds is 4. The molecule has 0 saturated heterocycles. The molecule has 0 aromatic heterocycles. The van der Waals surface area contributed by atoms with Gasteiger partial charge in [-0.05, 0) is 50.8 Å². The van der Waals surface area contributed by atoms with Crippen LogP contribution in [-0.2, 0) is 6.42 Å². The third-order valence-corrected chi connectivity index (χ3v) is 3.32. The van der Waals surface area contributed by atoms with Crippen molar-refractivity contribution in [2.24, 2.45) is 0 Å². The first-order valence-corrected chi connectivity index (χ1v) is 6.24. The van der Waals surface area contributed by atoms with E-state index in [0.29, 0.717) is 0 Å². The van der Waals surface area contributed by atoms with E-state index < -0.39 is 0 Å². The van der Waals surface area contributed by atoms with Gasteiger partial charge in [0.15, 0.2) is 0 Å². The van der Waals surface area contributed by atoms with Gasteiger partial charge in [0.2, 0.25) is 0 Å². The summed E-state index contributed by atoms with van der Waals surface area (Å²) in [6.07, 6.45) is 0.967. The van der Waals surface area contributed by atoms with Crippen LogP contribution in [0.4, 0.5) is 0 Å². The van der Waals surface area contributed by atoms with Gasteiger partial charge >= 0.3 is 0 Å². The molecule has 0 aliphatic rings. The van der Waals surface area contributed by atoms with Gasteiger partial charge in [0.05, 0.1) is 0 Å². The summed E-state index contributed by atoms with van der Waals surface area (Å²) in [6, 6.07) is 8.47. The highest BCUT2D eigenvalue weighted by molar-refractivity contribution is 7.80. The average molecular weight is 244 g/mol. The van der Waals surface area contributed by atoms with E-state index in [1.807, 2.05) is 6.92 Å². The molecule has 0 bridgehead atoms. The first-order chi connectivity index (χ1) is 7.91. The van der Waals surface area contributed by atoms with E-state index >= 15 is 0 Å². The Bertz CT molecular complexity index is 478. The van der Waals surface area contributed by atoms with Gasteiger partial charge in [-0.25, -0.2) is 0 Å². The molecular formula is C16H20S. The molecule has 1 heteroatoms. The van der Waals surface area contributed by atoms with Gasteiger partial charge in [0.25, 0.3) is 0 Å². The van der Waals surface area contributed by atoms with Crippen LogP contribution in [-0.4, -0.2) is 4.86 Å². The molecule has 0 radical (unpaired) electrons. The predicted molar refractivity (Wildman–Crippen MR) is 80.7 cm³/mol. The Kier molecular flexibility index (Phi) is 4.83.